The Morgan fingerprint density at radius 2 is 2.00 bits per heavy atom. The molecule has 0 bridgehead atoms. The minimum absolute atomic E-state index is 0.119. The van der Waals surface area contributed by atoms with Gasteiger partial charge in [0.15, 0.2) is 0 Å². The normalized spacial score (nSPS) is 22.6. The Labute approximate surface area is 123 Å². The van der Waals surface area contributed by atoms with Crippen LogP contribution in [0.5, 0.6) is 6.01 Å². The predicted molar refractivity (Wildman–Crippen MR) is 77.0 cm³/mol. The number of anilines is 1. The number of halogens is 1. The van der Waals surface area contributed by atoms with Crippen molar-refractivity contribution >= 4 is 17.5 Å². The number of aliphatic hydroxyl groups is 1. The summed E-state index contributed by atoms with van der Waals surface area (Å²) in [5.74, 6) is 1.23. The molecule has 0 aliphatic heterocycles. The van der Waals surface area contributed by atoms with Gasteiger partial charge in [-0.2, -0.15) is 15.0 Å². The first-order valence-corrected chi connectivity index (χ1v) is 7.49. The van der Waals surface area contributed by atoms with Crippen LogP contribution in [0.2, 0.25) is 5.28 Å². The van der Waals surface area contributed by atoms with Gasteiger partial charge in [0.2, 0.25) is 11.2 Å². The van der Waals surface area contributed by atoms with Gasteiger partial charge in [-0.05, 0) is 43.2 Å². The number of nitrogens with zero attached hydrogens (tertiary/aromatic N) is 3. The summed E-state index contributed by atoms with van der Waals surface area (Å²) in [7, 11) is 0. The van der Waals surface area contributed by atoms with Gasteiger partial charge in [0.25, 0.3) is 0 Å². The molecule has 0 radical (unpaired) electrons. The molecule has 0 amide bonds. The third-order valence-corrected chi connectivity index (χ3v) is 3.85. The van der Waals surface area contributed by atoms with Crippen LogP contribution < -0.4 is 10.1 Å². The largest absolute Gasteiger partial charge is 0.464 e. The van der Waals surface area contributed by atoms with Gasteiger partial charge < -0.3 is 15.2 Å². The summed E-state index contributed by atoms with van der Waals surface area (Å²) in [4.78, 5) is 12.1. The molecule has 1 saturated carbocycles. The summed E-state index contributed by atoms with van der Waals surface area (Å²) in [5, 5.41) is 12.7. The van der Waals surface area contributed by atoms with Crippen molar-refractivity contribution in [1.29, 1.82) is 0 Å². The van der Waals surface area contributed by atoms with Crippen LogP contribution in [0.25, 0.3) is 0 Å². The van der Waals surface area contributed by atoms with E-state index in [0.717, 1.165) is 19.4 Å². The number of nitrogens with one attached hydrogen (secondary N) is 1. The quantitative estimate of drug-likeness (QED) is 0.838. The highest BCUT2D eigenvalue weighted by molar-refractivity contribution is 6.28. The summed E-state index contributed by atoms with van der Waals surface area (Å²) in [5.41, 5.74) is 0. The lowest BCUT2D eigenvalue weighted by Gasteiger charge is -2.30. The lowest BCUT2D eigenvalue weighted by atomic mass is 9.80. The molecule has 1 aliphatic carbocycles. The highest BCUT2D eigenvalue weighted by Crippen LogP contribution is 2.29. The Morgan fingerprint density at radius 1 is 1.25 bits per heavy atom. The predicted octanol–water partition coefficient (Wildman–Crippen LogP) is 2.13. The summed E-state index contributed by atoms with van der Waals surface area (Å²) >= 11 is 5.84. The minimum Gasteiger partial charge on any atom is -0.464 e. The van der Waals surface area contributed by atoms with E-state index in [9.17, 15) is 5.11 Å². The molecule has 1 fully saturated rings. The Hall–Kier alpha value is -1.14. The number of aliphatic hydroxyl groups excluding tert-OH is 1. The Kier molecular flexibility index (Phi) is 5.79. The van der Waals surface area contributed by atoms with Crippen molar-refractivity contribution in [2.75, 3.05) is 25.1 Å². The molecule has 6 nitrogen and oxygen atoms in total. The number of hydrogen-bond donors (Lipinski definition) is 2. The molecular formula is C13H21ClN4O2. The lowest BCUT2D eigenvalue weighted by molar-refractivity contribution is 0.141. The lowest BCUT2D eigenvalue weighted by Crippen LogP contribution is -2.29. The highest BCUT2D eigenvalue weighted by Gasteiger charge is 2.24. The van der Waals surface area contributed by atoms with E-state index >= 15 is 0 Å². The van der Waals surface area contributed by atoms with Crippen LogP contribution in [0.3, 0.4) is 0 Å². The zero-order valence-corrected chi connectivity index (χ0v) is 12.4. The van der Waals surface area contributed by atoms with E-state index in [0.29, 0.717) is 24.4 Å². The minimum atomic E-state index is 0.119. The van der Waals surface area contributed by atoms with Crippen LogP contribution in [0, 0.1) is 11.8 Å². The third kappa shape index (κ3) is 4.18. The van der Waals surface area contributed by atoms with Crippen molar-refractivity contribution in [3.63, 3.8) is 0 Å². The van der Waals surface area contributed by atoms with E-state index in [1.165, 1.54) is 12.8 Å². The van der Waals surface area contributed by atoms with Gasteiger partial charge in [-0.3, -0.25) is 0 Å². The molecule has 20 heavy (non-hydrogen) atoms. The summed E-state index contributed by atoms with van der Waals surface area (Å²) in [6, 6.07) is 0.234. The fourth-order valence-corrected chi connectivity index (χ4v) is 2.77. The standard InChI is InChI=1S/C13H21ClN4O2/c1-2-20-13-17-11(14)16-12(18-13)15-7-9-5-3-4-6-10(9)8-19/h9-10,19H,2-8H2,1H3,(H,15,16,17,18). The maximum Gasteiger partial charge on any atom is 0.322 e. The first-order valence-electron chi connectivity index (χ1n) is 7.12. The van der Waals surface area contributed by atoms with Gasteiger partial charge >= 0.3 is 6.01 Å². The average molecular weight is 301 g/mol. The topological polar surface area (TPSA) is 80.2 Å². The van der Waals surface area contributed by atoms with E-state index in [1.54, 1.807) is 0 Å². The van der Waals surface area contributed by atoms with Crippen molar-refractivity contribution in [2.24, 2.45) is 11.8 Å². The van der Waals surface area contributed by atoms with E-state index < -0.39 is 0 Å². The monoisotopic (exact) mass is 300 g/mol. The van der Waals surface area contributed by atoms with Crippen LogP contribution in [-0.2, 0) is 0 Å². The first-order chi connectivity index (χ1) is 9.72. The maximum absolute atomic E-state index is 9.41. The molecular weight excluding hydrogens is 280 g/mol. The second-order valence-electron chi connectivity index (χ2n) is 5.01. The van der Waals surface area contributed by atoms with Gasteiger partial charge in [-0.1, -0.05) is 12.8 Å². The number of ether oxygens (including phenoxy) is 1. The second kappa shape index (κ2) is 7.59. The fraction of sp³-hybridized carbons (Fsp3) is 0.769. The zero-order valence-electron chi connectivity index (χ0n) is 11.7. The van der Waals surface area contributed by atoms with Crippen molar-refractivity contribution in [3.8, 4) is 6.01 Å². The molecule has 0 aromatic carbocycles. The van der Waals surface area contributed by atoms with E-state index in [4.69, 9.17) is 16.3 Å². The molecule has 2 rings (SSSR count). The van der Waals surface area contributed by atoms with Crippen molar-refractivity contribution < 1.29 is 9.84 Å². The Balaban J connectivity index is 1.95. The number of aromatic nitrogens is 3. The van der Waals surface area contributed by atoms with Crippen LogP contribution in [0.1, 0.15) is 32.6 Å². The molecule has 1 aromatic rings. The van der Waals surface area contributed by atoms with Crippen LogP contribution in [-0.4, -0.2) is 39.8 Å². The van der Waals surface area contributed by atoms with Crippen molar-refractivity contribution in [2.45, 2.75) is 32.6 Å². The SMILES string of the molecule is CCOc1nc(Cl)nc(NCC2CCCCC2CO)n1. The molecule has 1 heterocycles. The Morgan fingerprint density at radius 3 is 2.70 bits per heavy atom. The number of hydrogen-bond acceptors (Lipinski definition) is 6. The zero-order chi connectivity index (χ0) is 14.4. The van der Waals surface area contributed by atoms with Crippen molar-refractivity contribution in [1.82, 2.24) is 15.0 Å². The molecule has 2 unspecified atom stereocenters. The van der Waals surface area contributed by atoms with Gasteiger partial charge in [0.05, 0.1) is 6.61 Å². The third-order valence-electron chi connectivity index (χ3n) is 3.68. The first kappa shape index (κ1) is 15.3. The molecule has 2 N–H and O–H groups in total. The fourth-order valence-electron chi connectivity index (χ4n) is 2.62. The molecule has 7 heteroatoms. The maximum atomic E-state index is 9.41. The van der Waals surface area contributed by atoms with E-state index in [2.05, 4.69) is 20.3 Å². The van der Waals surface area contributed by atoms with Gasteiger partial charge in [0, 0.05) is 13.2 Å². The van der Waals surface area contributed by atoms with Crippen LogP contribution >= 0.6 is 11.6 Å². The summed E-state index contributed by atoms with van der Waals surface area (Å²) in [6.45, 7) is 3.32. The van der Waals surface area contributed by atoms with Crippen LogP contribution in [0.4, 0.5) is 5.95 Å². The molecule has 1 aliphatic rings. The molecule has 112 valence electrons. The molecule has 2 atom stereocenters. The summed E-state index contributed by atoms with van der Waals surface area (Å²) in [6.07, 6.45) is 4.62. The van der Waals surface area contributed by atoms with Gasteiger partial charge in [0.1, 0.15) is 0 Å². The highest BCUT2D eigenvalue weighted by atomic mass is 35.5. The number of rotatable bonds is 6. The smallest absolute Gasteiger partial charge is 0.322 e. The van der Waals surface area contributed by atoms with E-state index in [-0.39, 0.29) is 17.9 Å². The molecule has 1 aromatic heterocycles. The van der Waals surface area contributed by atoms with E-state index in [1.807, 2.05) is 6.92 Å². The second-order valence-corrected chi connectivity index (χ2v) is 5.35. The molecule has 0 spiro atoms. The van der Waals surface area contributed by atoms with Gasteiger partial charge in [-0.15, -0.1) is 0 Å². The van der Waals surface area contributed by atoms with Gasteiger partial charge in [-0.25, -0.2) is 0 Å². The average Bonchev–Trinajstić information content (AvgIpc) is 2.45. The van der Waals surface area contributed by atoms with Crippen LogP contribution in [0.15, 0.2) is 0 Å². The molecule has 0 saturated heterocycles. The summed E-state index contributed by atoms with van der Waals surface area (Å²) < 4.78 is 5.23. The Bertz CT molecular complexity index is 433. The van der Waals surface area contributed by atoms with Crippen molar-refractivity contribution in [3.05, 3.63) is 5.28 Å².